The lowest BCUT2D eigenvalue weighted by molar-refractivity contribution is 0.414. The molecule has 0 amide bonds. The van der Waals surface area contributed by atoms with Crippen LogP contribution in [0.2, 0.25) is 0 Å². The molecule has 2 aromatic rings. The summed E-state index contributed by atoms with van der Waals surface area (Å²) in [4.78, 5) is 0. The molecule has 1 N–H and O–H groups in total. The van der Waals surface area contributed by atoms with Crippen molar-refractivity contribution in [2.45, 2.75) is 4.75 Å². The van der Waals surface area contributed by atoms with E-state index in [4.69, 9.17) is 9.47 Å². The predicted molar refractivity (Wildman–Crippen MR) is 112 cm³/mol. The summed E-state index contributed by atoms with van der Waals surface area (Å²) in [5.41, 5.74) is 4.46. The van der Waals surface area contributed by atoms with Crippen molar-refractivity contribution in [2.75, 3.05) is 14.2 Å². The standard InChI is InChI=1S/C20H16N6O2S/c1-27-16-7-3-14(4-8-16)11-23-25-19-26-24-18(20(12-21,13-22)29-19)15-5-9-17(28-2)10-6-15/h3-11H,1-2H3,(H,25,26)/b23-11+. The van der Waals surface area contributed by atoms with Gasteiger partial charge < -0.3 is 9.47 Å². The van der Waals surface area contributed by atoms with Crippen LogP contribution in [-0.2, 0) is 0 Å². The van der Waals surface area contributed by atoms with E-state index in [1.165, 1.54) is 0 Å². The number of thioether (sulfide) groups is 1. The summed E-state index contributed by atoms with van der Waals surface area (Å²) < 4.78 is 8.70. The maximum Gasteiger partial charge on any atom is 0.240 e. The third-order valence-corrected chi connectivity index (χ3v) is 5.04. The van der Waals surface area contributed by atoms with E-state index in [9.17, 15) is 10.5 Å². The molecule has 1 aliphatic heterocycles. The third-order valence-electron chi connectivity index (χ3n) is 3.99. The minimum atomic E-state index is -1.55. The molecule has 0 fully saturated rings. The molecule has 3 rings (SSSR count). The lowest BCUT2D eigenvalue weighted by atomic mass is 9.98. The highest BCUT2D eigenvalue weighted by Crippen LogP contribution is 2.33. The quantitative estimate of drug-likeness (QED) is 0.605. The van der Waals surface area contributed by atoms with E-state index in [1.54, 1.807) is 44.7 Å². The average molecular weight is 404 g/mol. The second kappa shape index (κ2) is 8.91. The van der Waals surface area contributed by atoms with Crippen molar-refractivity contribution >= 4 is 28.9 Å². The first-order chi connectivity index (χ1) is 14.1. The Morgan fingerprint density at radius 3 is 2.10 bits per heavy atom. The van der Waals surface area contributed by atoms with Gasteiger partial charge in [-0.3, -0.25) is 5.43 Å². The number of benzene rings is 2. The molecule has 0 saturated heterocycles. The number of nitrogens with zero attached hydrogens (tertiary/aromatic N) is 5. The number of hydrogen-bond acceptors (Lipinski definition) is 9. The molecule has 29 heavy (non-hydrogen) atoms. The van der Waals surface area contributed by atoms with Crippen LogP contribution in [0, 0.1) is 22.7 Å². The van der Waals surface area contributed by atoms with Crippen molar-refractivity contribution in [1.82, 2.24) is 5.43 Å². The summed E-state index contributed by atoms with van der Waals surface area (Å²) >= 11 is 0.954. The number of methoxy groups -OCH3 is 2. The fraction of sp³-hybridized carbons (Fsp3) is 0.150. The molecule has 8 nitrogen and oxygen atoms in total. The summed E-state index contributed by atoms with van der Waals surface area (Å²) in [6.45, 7) is 0. The topological polar surface area (TPSA) is 115 Å². The molecule has 0 radical (unpaired) electrons. The van der Waals surface area contributed by atoms with Gasteiger partial charge in [0, 0.05) is 5.56 Å². The van der Waals surface area contributed by atoms with Gasteiger partial charge in [0.15, 0.2) is 0 Å². The van der Waals surface area contributed by atoms with Crippen molar-refractivity contribution in [1.29, 1.82) is 10.5 Å². The molecule has 0 aliphatic carbocycles. The van der Waals surface area contributed by atoms with Gasteiger partial charge in [-0.05, 0) is 65.9 Å². The van der Waals surface area contributed by atoms with Crippen LogP contribution < -0.4 is 14.9 Å². The molecule has 0 aromatic heterocycles. The fourth-order valence-corrected chi connectivity index (χ4v) is 3.28. The maximum absolute atomic E-state index is 9.71. The lowest BCUT2D eigenvalue weighted by Gasteiger charge is -2.23. The molecule has 0 bridgehead atoms. The van der Waals surface area contributed by atoms with Gasteiger partial charge in [0.1, 0.15) is 29.3 Å². The Hall–Kier alpha value is -3.82. The van der Waals surface area contributed by atoms with E-state index in [0.717, 1.165) is 23.1 Å². The number of ether oxygens (including phenoxy) is 2. The van der Waals surface area contributed by atoms with Crippen LogP contribution in [0.4, 0.5) is 0 Å². The van der Waals surface area contributed by atoms with Gasteiger partial charge in [-0.15, -0.1) is 10.2 Å². The molecule has 0 spiro atoms. The Labute approximate surface area is 172 Å². The lowest BCUT2D eigenvalue weighted by Crippen LogP contribution is -2.38. The van der Waals surface area contributed by atoms with Crippen molar-refractivity contribution in [3.8, 4) is 23.6 Å². The highest BCUT2D eigenvalue weighted by molar-refractivity contribution is 8.16. The molecule has 1 aliphatic rings. The van der Waals surface area contributed by atoms with Gasteiger partial charge in [0.05, 0.1) is 20.4 Å². The molecule has 9 heteroatoms. The molecule has 1 heterocycles. The summed E-state index contributed by atoms with van der Waals surface area (Å²) in [6.07, 6.45) is 1.59. The number of amidine groups is 1. The van der Waals surface area contributed by atoms with E-state index in [-0.39, 0.29) is 10.9 Å². The third kappa shape index (κ3) is 4.37. The molecule has 144 valence electrons. The molecular weight excluding hydrogens is 388 g/mol. The van der Waals surface area contributed by atoms with Crippen LogP contribution in [0.25, 0.3) is 0 Å². The second-order valence-electron chi connectivity index (χ2n) is 5.73. The van der Waals surface area contributed by atoms with E-state index in [0.29, 0.717) is 11.3 Å². The number of hydrazone groups is 1. The van der Waals surface area contributed by atoms with Gasteiger partial charge in [0.2, 0.25) is 9.91 Å². The van der Waals surface area contributed by atoms with Gasteiger partial charge in [-0.2, -0.15) is 15.6 Å². The maximum atomic E-state index is 9.71. The SMILES string of the molecule is COc1ccc(/C=N/NC2=NN=C(c3ccc(OC)cc3)C(C#N)(C#N)S2)cc1. The monoisotopic (exact) mass is 404 g/mol. The van der Waals surface area contributed by atoms with Crippen LogP contribution in [0.5, 0.6) is 11.5 Å². The first-order valence-electron chi connectivity index (χ1n) is 8.39. The first kappa shape index (κ1) is 19.9. The predicted octanol–water partition coefficient (Wildman–Crippen LogP) is 2.92. The highest BCUT2D eigenvalue weighted by Gasteiger charge is 2.43. The summed E-state index contributed by atoms with van der Waals surface area (Å²) in [5, 5.41) is 32.0. The highest BCUT2D eigenvalue weighted by atomic mass is 32.2. The zero-order valence-corrected chi connectivity index (χ0v) is 16.5. The molecule has 2 aromatic carbocycles. The minimum Gasteiger partial charge on any atom is -0.497 e. The Morgan fingerprint density at radius 1 is 0.966 bits per heavy atom. The molecule has 0 unspecified atom stereocenters. The molecule has 0 atom stereocenters. The van der Waals surface area contributed by atoms with Crippen LogP contribution in [-0.4, -0.2) is 36.1 Å². The number of rotatable bonds is 5. The van der Waals surface area contributed by atoms with Crippen molar-refractivity contribution < 1.29 is 9.47 Å². The van der Waals surface area contributed by atoms with Crippen molar-refractivity contribution in [3.05, 3.63) is 59.7 Å². The zero-order chi connectivity index (χ0) is 20.7. The summed E-state index contributed by atoms with van der Waals surface area (Å²) in [5.74, 6) is 1.41. The number of hydrogen-bond donors (Lipinski definition) is 1. The average Bonchev–Trinajstić information content (AvgIpc) is 2.79. The van der Waals surface area contributed by atoms with E-state index in [2.05, 4.69) is 20.7 Å². The summed E-state index contributed by atoms with van der Waals surface area (Å²) in [6, 6.07) is 18.3. The fourth-order valence-electron chi connectivity index (χ4n) is 2.46. The van der Waals surface area contributed by atoms with Gasteiger partial charge in [-0.1, -0.05) is 0 Å². The second-order valence-corrected chi connectivity index (χ2v) is 6.94. The molecule has 0 saturated carbocycles. The van der Waals surface area contributed by atoms with Gasteiger partial charge in [-0.25, -0.2) is 0 Å². The minimum absolute atomic E-state index is 0.245. The van der Waals surface area contributed by atoms with Gasteiger partial charge >= 0.3 is 0 Å². The Bertz CT molecular complexity index is 1030. The van der Waals surface area contributed by atoms with Crippen LogP contribution in [0.1, 0.15) is 11.1 Å². The smallest absolute Gasteiger partial charge is 0.240 e. The first-order valence-corrected chi connectivity index (χ1v) is 9.21. The van der Waals surface area contributed by atoms with Crippen LogP contribution in [0.15, 0.2) is 63.8 Å². The van der Waals surface area contributed by atoms with E-state index in [1.807, 2.05) is 36.4 Å². The normalized spacial score (nSPS) is 14.9. The largest absolute Gasteiger partial charge is 0.497 e. The number of nitriles is 2. The van der Waals surface area contributed by atoms with E-state index >= 15 is 0 Å². The van der Waals surface area contributed by atoms with Crippen molar-refractivity contribution in [3.63, 3.8) is 0 Å². The Morgan fingerprint density at radius 2 is 1.55 bits per heavy atom. The Kier molecular flexibility index (Phi) is 6.12. The van der Waals surface area contributed by atoms with Gasteiger partial charge in [0.25, 0.3) is 0 Å². The molecular formula is C20H16N6O2S. The Balaban J connectivity index is 1.81. The van der Waals surface area contributed by atoms with E-state index < -0.39 is 4.75 Å². The number of nitrogens with one attached hydrogen (secondary N) is 1. The summed E-state index contributed by atoms with van der Waals surface area (Å²) in [7, 11) is 3.16. The zero-order valence-electron chi connectivity index (χ0n) is 15.7. The van der Waals surface area contributed by atoms with Crippen LogP contribution >= 0.6 is 11.8 Å². The van der Waals surface area contributed by atoms with Crippen molar-refractivity contribution in [2.24, 2.45) is 15.3 Å². The van der Waals surface area contributed by atoms with Crippen LogP contribution in [0.3, 0.4) is 0 Å².